The van der Waals surface area contributed by atoms with Gasteiger partial charge in [0, 0.05) is 0 Å². The van der Waals surface area contributed by atoms with Gasteiger partial charge < -0.3 is 9.90 Å². The van der Waals surface area contributed by atoms with E-state index in [-0.39, 0.29) is 11.3 Å². The lowest BCUT2D eigenvalue weighted by atomic mass is 9.43. The SMILES string of the molecule is CC(C)CCC[C@@H](C)[C@H]1CC[C@H]2C3=CC[C@H]4[C@](C)(C=O)[C@@H](O)CC[C@]4(C)[C@H]3CC[C@]12C. The summed E-state index contributed by atoms with van der Waals surface area (Å²) in [6, 6.07) is 0. The molecule has 2 heteroatoms. The average molecular weight is 429 g/mol. The zero-order valence-corrected chi connectivity index (χ0v) is 21.1. The molecule has 4 rings (SSSR count). The van der Waals surface area contributed by atoms with Crippen LogP contribution in [-0.2, 0) is 4.79 Å². The Balaban J connectivity index is 1.56. The first-order valence-electron chi connectivity index (χ1n) is 13.4. The van der Waals surface area contributed by atoms with Crippen molar-refractivity contribution in [2.45, 2.75) is 112 Å². The molecule has 0 aliphatic heterocycles. The zero-order chi connectivity index (χ0) is 22.6. The maximum atomic E-state index is 12.1. The van der Waals surface area contributed by atoms with Crippen molar-refractivity contribution >= 4 is 6.29 Å². The molecule has 1 N–H and O–H groups in total. The highest BCUT2D eigenvalue weighted by Crippen LogP contribution is 2.68. The van der Waals surface area contributed by atoms with Crippen molar-refractivity contribution in [2.24, 2.45) is 51.8 Å². The monoisotopic (exact) mass is 428 g/mol. The highest BCUT2D eigenvalue weighted by atomic mass is 16.3. The van der Waals surface area contributed by atoms with Crippen molar-refractivity contribution in [2.75, 3.05) is 0 Å². The number of allylic oxidation sites excluding steroid dienone is 2. The van der Waals surface area contributed by atoms with Gasteiger partial charge in [-0.2, -0.15) is 0 Å². The average Bonchev–Trinajstić information content (AvgIpc) is 3.08. The Morgan fingerprint density at radius 2 is 1.68 bits per heavy atom. The van der Waals surface area contributed by atoms with Crippen LogP contribution in [0.15, 0.2) is 11.6 Å². The van der Waals surface area contributed by atoms with Crippen LogP contribution in [0.5, 0.6) is 0 Å². The summed E-state index contributed by atoms with van der Waals surface area (Å²) in [7, 11) is 0. The van der Waals surface area contributed by atoms with Crippen LogP contribution in [0, 0.1) is 51.8 Å². The largest absolute Gasteiger partial charge is 0.392 e. The summed E-state index contributed by atoms with van der Waals surface area (Å²) in [4.78, 5) is 12.1. The van der Waals surface area contributed by atoms with Crippen molar-refractivity contribution in [3.63, 3.8) is 0 Å². The number of carbonyl (C=O) groups is 1. The van der Waals surface area contributed by atoms with Gasteiger partial charge in [0.1, 0.15) is 6.29 Å². The van der Waals surface area contributed by atoms with Crippen LogP contribution in [0.4, 0.5) is 0 Å². The molecular formula is C29H48O2. The highest BCUT2D eigenvalue weighted by molar-refractivity contribution is 5.61. The third-order valence-electron chi connectivity index (χ3n) is 11.2. The minimum atomic E-state index is -0.584. The number of rotatable bonds is 6. The molecule has 0 bridgehead atoms. The first-order valence-corrected chi connectivity index (χ1v) is 13.4. The summed E-state index contributed by atoms with van der Waals surface area (Å²) in [5.74, 6) is 4.17. The van der Waals surface area contributed by atoms with Crippen molar-refractivity contribution in [3.8, 4) is 0 Å². The molecule has 31 heavy (non-hydrogen) atoms. The number of aliphatic hydroxyl groups is 1. The Hall–Kier alpha value is -0.630. The van der Waals surface area contributed by atoms with E-state index >= 15 is 0 Å². The van der Waals surface area contributed by atoms with Crippen LogP contribution in [-0.4, -0.2) is 17.5 Å². The maximum absolute atomic E-state index is 12.1. The summed E-state index contributed by atoms with van der Waals surface area (Å²) in [5, 5.41) is 10.7. The van der Waals surface area contributed by atoms with E-state index < -0.39 is 11.5 Å². The molecule has 4 aliphatic rings. The van der Waals surface area contributed by atoms with Crippen LogP contribution in [0.2, 0.25) is 0 Å². The van der Waals surface area contributed by atoms with Crippen LogP contribution >= 0.6 is 0 Å². The molecule has 3 fully saturated rings. The van der Waals surface area contributed by atoms with Gasteiger partial charge in [-0.25, -0.2) is 0 Å². The fourth-order valence-corrected chi connectivity index (χ4v) is 9.25. The van der Waals surface area contributed by atoms with E-state index in [2.05, 4.69) is 40.7 Å². The Labute approximate surface area is 191 Å². The molecule has 0 saturated heterocycles. The van der Waals surface area contributed by atoms with Gasteiger partial charge in [-0.1, -0.05) is 72.5 Å². The second-order valence-electron chi connectivity index (χ2n) is 13.2. The number of hydrogen-bond donors (Lipinski definition) is 1. The lowest BCUT2D eigenvalue weighted by Gasteiger charge is -2.61. The van der Waals surface area contributed by atoms with Crippen molar-refractivity contribution in [1.82, 2.24) is 0 Å². The molecule has 0 aromatic carbocycles. The Morgan fingerprint density at radius 1 is 1.00 bits per heavy atom. The zero-order valence-electron chi connectivity index (χ0n) is 21.1. The van der Waals surface area contributed by atoms with Gasteiger partial charge in [0.05, 0.1) is 11.5 Å². The van der Waals surface area contributed by atoms with E-state index in [0.29, 0.717) is 11.3 Å². The lowest BCUT2D eigenvalue weighted by molar-refractivity contribution is -0.152. The predicted octanol–water partition coefficient (Wildman–Crippen LogP) is 7.20. The van der Waals surface area contributed by atoms with Gasteiger partial charge in [0.25, 0.3) is 0 Å². The van der Waals surface area contributed by atoms with Crippen LogP contribution in [0.25, 0.3) is 0 Å². The van der Waals surface area contributed by atoms with Crippen molar-refractivity contribution in [3.05, 3.63) is 11.6 Å². The summed E-state index contributed by atoms with van der Waals surface area (Å²) >= 11 is 0. The summed E-state index contributed by atoms with van der Waals surface area (Å²) < 4.78 is 0. The fourth-order valence-electron chi connectivity index (χ4n) is 9.25. The Kier molecular flexibility index (Phi) is 6.30. The molecule has 0 amide bonds. The lowest BCUT2D eigenvalue weighted by Crippen LogP contribution is -2.57. The van der Waals surface area contributed by atoms with E-state index in [9.17, 15) is 9.90 Å². The molecule has 3 saturated carbocycles. The first kappa shape index (κ1) is 23.5. The van der Waals surface area contributed by atoms with Crippen molar-refractivity contribution < 1.29 is 9.90 Å². The normalized spacial score (nSPS) is 47.9. The summed E-state index contributed by atoms with van der Waals surface area (Å²) in [5.41, 5.74) is 1.81. The standard InChI is InChI=1S/C29H48O2/c1-19(2)8-7-9-20(3)22-11-12-23-21-10-13-25-28(5,24(21)14-16-27(22,23)4)17-15-26(31)29(25,6)18-30/h10,18-20,22-26,31H,7-9,11-17H2,1-6H3/t20-,22-,23+,24+,25-,26+,27-,28-,29+/m1/s1. The number of aliphatic hydroxyl groups excluding tert-OH is 1. The van der Waals surface area contributed by atoms with Gasteiger partial charge >= 0.3 is 0 Å². The topological polar surface area (TPSA) is 37.3 Å². The number of aldehydes is 1. The molecule has 0 aromatic heterocycles. The van der Waals surface area contributed by atoms with E-state index in [1.165, 1.54) is 44.9 Å². The van der Waals surface area contributed by atoms with Crippen LogP contribution in [0.1, 0.15) is 106 Å². The highest BCUT2D eigenvalue weighted by Gasteiger charge is 2.62. The molecular weight excluding hydrogens is 380 g/mol. The van der Waals surface area contributed by atoms with Gasteiger partial charge in [-0.3, -0.25) is 0 Å². The Morgan fingerprint density at radius 3 is 2.35 bits per heavy atom. The van der Waals surface area contributed by atoms with Crippen LogP contribution < -0.4 is 0 Å². The molecule has 0 spiro atoms. The molecule has 9 atom stereocenters. The fraction of sp³-hybridized carbons (Fsp3) is 0.897. The third kappa shape index (κ3) is 3.58. The quantitative estimate of drug-likeness (QED) is 0.358. The molecule has 0 unspecified atom stereocenters. The maximum Gasteiger partial charge on any atom is 0.128 e. The number of fused-ring (bicyclic) bond motifs is 5. The van der Waals surface area contributed by atoms with Crippen molar-refractivity contribution in [1.29, 1.82) is 0 Å². The number of hydrogen-bond acceptors (Lipinski definition) is 2. The molecule has 0 heterocycles. The molecule has 2 nitrogen and oxygen atoms in total. The number of carbonyl (C=O) groups excluding carboxylic acids is 1. The second-order valence-corrected chi connectivity index (χ2v) is 13.2. The van der Waals surface area contributed by atoms with Gasteiger partial charge in [-0.15, -0.1) is 0 Å². The Bertz CT molecular complexity index is 710. The van der Waals surface area contributed by atoms with E-state index in [4.69, 9.17) is 0 Å². The van der Waals surface area contributed by atoms with E-state index in [0.717, 1.165) is 49.2 Å². The first-order chi connectivity index (χ1) is 14.6. The molecule has 176 valence electrons. The van der Waals surface area contributed by atoms with Crippen LogP contribution in [0.3, 0.4) is 0 Å². The third-order valence-corrected chi connectivity index (χ3v) is 11.2. The van der Waals surface area contributed by atoms with E-state index in [1.54, 1.807) is 5.57 Å². The molecule has 0 radical (unpaired) electrons. The molecule has 0 aromatic rings. The summed E-state index contributed by atoms with van der Waals surface area (Å²) in [6.07, 6.45) is 15.6. The van der Waals surface area contributed by atoms with Gasteiger partial charge in [0.15, 0.2) is 0 Å². The smallest absolute Gasteiger partial charge is 0.128 e. The second kappa shape index (κ2) is 8.30. The predicted molar refractivity (Wildman–Crippen MR) is 129 cm³/mol. The minimum Gasteiger partial charge on any atom is -0.392 e. The minimum absolute atomic E-state index is 0.168. The van der Waals surface area contributed by atoms with E-state index in [1.807, 2.05) is 6.92 Å². The molecule has 4 aliphatic carbocycles. The summed E-state index contributed by atoms with van der Waals surface area (Å²) in [6.45, 7) is 14.4. The van der Waals surface area contributed by atoms with Gasteiger partial charge in [0.2, 0.25) is 0 Å². The van der Waals surface area contributed by atoms with Gasteiger partial charge in [-0.05, 0) is 91.3 Å².